The summed E-state index contributed by atoms with van der Waals surface area (Å²) in [6.07, 6.45) is 0.993. The molecule has 0 bridgehead atoms. The summed E-state index contributed by atoms with van der Waals surface area (Å²) < 4.78 is 5.51. The molecule has 3 rings (SSSR count). The fourth-order valence-electron chi connectivity index (χ4n) is 2.87. The number of nitrogens with zero attached hydrogens (tertiary/aromatic N) is 1. The van der Waals surface area contributed by atoms with Gasteiger partial charge in [-0.15, -0.1) is 6.58 Å². The minimum absolute atomic E-state index is 0.303. The first-order chi connectivity index (χ1) is 11.1. The number of esters is 1. The van der Waals surface area contributed by atoms with E-state index >= 15 is 0 Å². The number of rotatable bonds is 5. The van der Waals surface area contributed by atoms with Crippen molar-refractivity contribution in [3.05, 3.63) is 83.9 Å². The number of ether oxygens (including phenoxy) is 1. The Kier molecular flexibility index (Phi) is 4.11. The lowest BCUT2D eigenvalue weighted by atomic mass is 9.86. The van der Waals surface area contributed by atoms with Gasteiger partial charge in [-0.2, -0.15) is 0 Å². The fraction of sp³-hybridized carbons (Fsp3) is 0.200. The van der Waals surface area contributed by atoms with Crippen molar-refractivity contribution in [2.24, 2.45) is 4.99 Å². The van der Waals surface area contributed by atoms with E-state index in [2.05, 4.69) is 6.58 Å². The van der Waals surface area contributed by atoms with E-state index in [1.165, 1.54) is 0 Å². The predicted octanol–water partition coefficient (Wildman–Crippen LogP) is 3.94. The van der Waals surface area contributed by atoms with E-state index in [0.717, 1.165) is 16.7 Å². The van der Waals surface area contributed by atoms with Crippen LogP contribution in [0.5, 0.6) is 0 Å². The summed E-state index contributed by atoms with van der Waals surface area (Å²) in [6.45, 7) is 5.87. The van der Waals surface area contributed by atoms with Gasteiger partial charge in [-0.1, -0.05) is 54.1 Å². The Morgan fingerprint density at radius 2 is 1.70 bits per heavy atom. The van der Waals surface area contributed by atoms with Crippen molar-refractivity contribution in [2.45, 2.75) is 25.3 Å². The van der Waals surface area contributed by atoms with Crippen LogP contribution in [-0.2, 0) is 16.0 Å². The smallest absolute Gasteiger partial charge is 0.341 e. The van der Waals surface area contributed by atoms with Crippen LogP contribution in [-0.4, -0.2) is 17.4 Å². The van der Waals surface area contributed by atoms with Crippen LogP contribution in [0.25, 0.3) is 0 Å². The Hall–Kier alpha value is -2.68. The molecule has 116 valence electrons. The first-order valence-corrected chi connectivity index (χ1v) is 7.65. The van der Waals surface area contributed by atoms with Gasteiger partial charge in [-0.05, 0) is 24.6 Å². The van der Waals surface area contributed by atoms with Crippen LogP contribution in [0.3, 0.4) is 0 Å². The monoisotopic (exact) mass is 305 g/mol. The molecule has 1 aliphatic heterocycles. The summed E-state index contributed by atoms with van der Waals surface area (Å²) in [7, 11) is 0. The van der Waals surface area contributed by atoms with Crippen molar-refractivity contribution in [3.8, 4) is 0 Å². The summed E-state index contributed by atoms with van der Waals surface area (Å²) in [6, 6.07) is 19.4. The maximum Gasteiger partial charge on any atom is 0.341 e. The molecule has 0 unspecified atom stereocenters. The number of carbonyl (C=O) groups excluding carboxylic acids is 1. The highest BCUT2D eigenvalue weighted by molar-refractivity contribution is 6.08. The van der Waals surface area contributed by atoms with E-state index in [1.54, 1.807) is 0 Å². The number of benzene rings is 2. The van der Waals surface area contributed by atoms with Crippen molar-refractivity contribution < 1.29 is 9.53 Å². The standard InChI is InChI=1S/C20H19NO2/c1-15(2)13-20(14-16-9-5-3-6-10-16)19(22)23-18(21-20)17-11-7-4-8-12-17/h3-12H,1,13-14H2,2H3/t20-/m0/s1. The minimum Gasteiger partial charge on any atom is -0.405 e. The normalized spacial score (nSPS) is 20.0. The van der Waals surface area contributed by atoms with E-state index < -0.39 is 5.54 Å². The molecule has 3 heteroatoms. The average molecular weight is 305 g/mol. The summed E-state index contributed by atoms with van der Waals surface area (Å²) in [5.74, 6) is 0.0935. The lowest BCUT2D eigenvalue weighted by Gasteiger charge is -2.22. The van der Waals surface area contributed by atoms with Crippen LogP contribution in [0.2, 0.25) is 0 Å². The first-order valence-electron chi connectivity index (χ1n) is 7.65. The van der Waals surface area contributed by atoms with Crippen LogP contribution in [0.15, 0.2) is 77.8 Å². The molecule has 0 aromatic heterocycles. The maximum absolute atomic E-state index is 12.6. The zero-order chi connectivity index (χ0) is 16.3. The second-order valence-electron chi connectivity index (χ2n) is 6.00. The van der Waals surface area contributed by atoms with Crippen molar-refractivity contribution >= 4 is 11.9 Å². The Morgan fingerprint density at radius 3 is 2.30 bits per heavy atom. The fourth-order valence-corrected chi connectivity index (χ4v) is 2.87. The third-order valence-electron chi connectivity index (χ3n) is 3.84. The van der Waals surface area contributed by atoms with E-state index in [-0.39, 0.29) is 5.97 Å². The number of hydrogen-bond acceptors (Lipinski definition) is 3. The van der Waals surface area contributed by atoms with Gasteiger partial charge in [0.15, 0.2) is 5.54 Å². The topological polar surface area (TPSA) is 38.7 Å². The quantitative estimate of drug-likeness (QED) is 0.620. The van der Waals surface area contributed by atoms with Crippen LogP contribution >= 0.6 is 0 Å². The lowest BCUT2D eigenvalue weighted by Crippen LogP contribution is -2.36. The number of aliphatic imine (C=N–C) groups is 1. The van der Waals surface area contributed by atoms with Crippen molar-refractivity contribution in [3.63, 3.8) is 0 Å². The third-order valence-corrected chi connectivity index (χ3v) is 3.84. The summed E-state index contributed by atoms with van der Waals surface area (Å²) in [5.41, 5.74) is 1.87. The highest BCUT2D eigenvalue weighted by Crippen LogP contribution is 2.32. The molecule has 0 radical (unpaired) electrons. The predicted molar refractivity (Wildman–Crippen MR) is 91.4 cm³/mol. The highest BCUT2D eigenvalue weighted by atomic mass is 16.6. The van der Waals surface area contributed by atoms with Crippen LogP contribution in [0.4, 0.5) is 0 Å². The lowest BCUT2D eigenvalue weighted by molar-refractivity contribution is -0.139. The highest BCUT2D eigenvalue weighted by Gasteiger charge is 2.46. The van der Waals surface area contributed by atoms with Gasteiger partial charge < -0.3 is 4.74 Å². The van der Waals surface area contributed by atoms with Gasteiger partial charge in [0.1, 0.15) is 0 Å². The van der Waals surface area contributed by atoms with Crippen LogP contribution < -0.4 is 0 Å². The molecule has 0 saturated heterocycles. The molecule has 1 atom stereocenters. The van der Waals surface area contributed by atoms with Crippen molar-refractivity contribution in [1.82, 2.24) is 0 Å². The van der Waals surface area contributed by atoms with Gasteiger partial charge >= 0.3 is 5.97 Å². The summed E-state index contributed by atoms with van der Waals surface area (Å²) in [5, 5.41) is 0. The Bertz CT molecular complexity index is 750. The van der Waals surface area contributed by atoms with Crippen LogP contribution in [0, 0.1) is 0 Å². The second-order valence-corrected chi connectivity index (χ2v) is 6.00. The number of hydrogen-bond donors (Lipinski definition) is 0. The van der Waals surface area contributed by atoms with Gasteiger partial charge in [0.05, 0.1) is 0 Å². The summed E-state index contributed by atoms with van der Waals surface area (Å²) in [4.78, 5) is 17.3. The molecule has 0 aliphatic carbocycles. The SMILES string of the molecule is C=C(C)C[C@@]1(Cc2ccccc2)N=C(c2ccccc2)OC1=O. The zero-order valence-corrected chi connectivity index (χ0v) is 13.2. The van der Waals surface area contributed by atoms with Gasteiger partial charge in [0, 0.05) is 18.4 Å². The molecule has 23 heavy (non-hydrogen) atoms. The second kappa shape index (κ2) is 6.21. The van der Waals surface area contributed by atoms with E-state index in [1.807, 2.05) is 67.6 Å². The molecule has 2 aromatic rings. The van der Waals surface area contributed by atoms with Crippen molar-refractivity contribution in [1.29, 1.82) is 0 Å². The van der Waals surface area contributed by atoms with Crippen LogP contribution in [0.1, 0.15) is 24.5 Å². The van der Waals surface area contributed by atoms with Gasteiger partial charge in [0.25, 0.3) is 0 Å². The molecule has 1 aliphatic rings. The third kappa shape index (κ3) is 3.24. The first kappa shape index (κ1) is 15.2. The van der Waals surface area contributed by atoms with Gasteiger partial charge in [0.2, 0.25) is 5.90 Å². The van der Waals surface area contributed by atoms with E-state index in [9.17, 15) is 4.79 Å². The molecule has 0 spiro atoms. The van der Waals surface area contributed by atoms with Crippen molar-refractivity contribution in [2.75, 3.05) is 0 Å². The number of cyclic esters (lactones) is 1. The number of carbonyl (C=O) groups is 1. The molecule has 1 heterocycles. The zero-order valence-electron chi connectivity index (χ0n) is 13.2. The molecule has 0 saturated carbocycles. The molecule has 0 N–H and O–H groups in total. The van der Waals surface area contributed by atoms with Gasteiger partial charge in [-0.3, -0.25) is 0 Å². The maximum atomic E-state index is 12.6. The largest absolute Gasteiger partial charge is 0.405 e. The van der Waals surface area contributed by atoms with E-state index in [0.29, 0.717) is 18.7 Å². The molecular weight excluding hydrogens is 286 g/mol. The molecule has 2 aromatic carbocycles. The Morgan fingerprint density at radius 1 is 1.09 bits per heavy atom. The summed E-state index contributed by atoms with van der Waals surface area (Å²) >= 11 is 0. The molecule has 0 fully saturated rings. The average Bonchev–Trinajstić information content (AvgIpc) is 2.85. The molecule has 0 amide bonds. The molecule has 3 nitrogen and oxygen atoms in total. The Balaban J connectivity index is 1.99. The molecular formula is C20H19NO2. The Labute approximate surface area is 136 Å². The minimum atomic E-state index is -0.918. The van der Waals surface area contributed by atoms with E-state index in [4.69, 9.17) is 9.73 Å². The van der Waals surface area contributed by atoms with Gasteiger partial charge in [-0.25, -0.2) is 9.79 Å².